The van der Waals surface area contributed by atoms with Crippen molar-refractivity contribution >= 4 is 0 Å². The van der Waals surface area contributed by atoms with Crippen LogP contribution in [-0.2, 0) is 0 Å². The molecule has 0 rings (SSSR count). The lowest BCUT2D eigenvalue weighted by molar-refractivity contribution is 0.389. The Bertz CT molecular complexity index is 172. The van der Waals surface area contributed by atoms with Crippen molar-refractivity contribution < 1.29 is 0 Å². The van der Waals surface area contributed by atoms with Crippen molar-refractivity contribution in [2.75, 3.05) is 0 Å². The van der Waals surface area contributed by atoms with E-state index in [0.717, 1.165) is 6.42 Å². The monoisotopic (exact) mass is 180 g/mol. The fourth-order valence-electron chi connectivity index (χ4n) is 1.92. The largest absolute Gasteiger partial charge is 0.103 e. The summed E-state index contributed by atoms with van der Waals surface area (Å²) in [5, 5.41) is 0. The minimum atomic E-state index is 0.381. The molecule has 0 bridgehead atoms. The van der Waals surface area contributed by atoms with E-state index in [-0.39, 0.29) is 0 Å². The zero-order valence-electron chi connectivity index (χ0n) is 9.69. The van der Waals surface area contributed by atoms with Crippen molar-refractivity contribution in [3.8, 4) is 0 Å². The Morgan fingerprint density at radius 2 is 2.00 bits per heavy atom. The molecule has 0 radical (unpaired) electrons. The fraction of sp³-hybridized carbons (Fsp3) is 0.692. The van der Waals surface area contributed by atoms with Gasteiger partial charge in [-0.1, -0.05) is 44.9 Å². The Hall–Kier alpha value is -0.520. The predicted octanol–water partition coefficient (Wildman–Crippen LogP) is 4.73. The second kappa shape index (κ2) is 6.01. The molecule has 0 spiro atoms. The molecular weight excluding hydrogens is 156 g/mol. The first kappa shape index (κ1) is 12.5. The first-order chi connectivity index (χ1) is 6.08. The molecule has 0 aromatic rings. The highest BCUT2D eigenvalue weighted by Gasteiger charge is 2.20. The first-order valence-corrected chi connectivity index (χ1v) is 5.35. The quantitative estimate of drug-likeness (QED) is 0.519. The molecule has 0 nitrogen and oxygen atoms in total. The minimum absolute atomic E-state index is 0.381. The molecule has 0 unspecified atom stereocenters. The van der Waals surface area contributed by atoms with Crippen LogP contribution in [0.4, 0.5) is 0 Å². The van der Waals surface area contributed by atoms with E-state index >= 15 is 0 Å². The highest BCUT2D eigenvalue weighted by molar-refractivity contribution is 5.11. The van der Waals surface area contributed by atoms with E-state index in [1.165, 1.54) is 19.3 Å². The van der Waals surface area contributed by atoms with E-state index in [9.17, 15) is 0 Å². The second-order valence-corrected chi connectivity index (χ2v) is 4.28. The van der Waals surface area contributed by atoms with Crippen LogP contribution in [0, 0.1) is 5.41 Å². The van der Waals surface area contributed by atoms with Crippen molar-refractivity contribution in [3.63, 3.8) is 0 Å². The molecule has 0 atom stereocenters. The van der Waals surface area contributed by atoms with Gasteiger partial charge in [-0.15, -0.1) is 6.58 Å². The maximum absolute atomic E-state index is 3.77. The fourth-order valence-corrected chi connectivity index (χ4v) is 1.92. The molecule has 0 N–H and O–H groups in total. The number of hydrogen-bond donors (Lipinski definition) is 0. The standard InChI is InChI=1S/C13H24/c1-6-9-10-12(8-3)13(4,5)11-7-2/h6,8H,1,7,9-11H2,2-5H3. The van der Waals surface area contributed by atoms with Gasteiger partial charge in [-0.2, -0.15) is 0 Å². The third kappa shape index (κ3) is 4.31. The van der Waals surface area contributed by atoms with Gasteiger partial charge in [0.1, 0.15) is 0 Å². The molecule has 0 heteroatoms. The first-order valence-electron chi connectivity index (χ1n) is 5.35. The van der Waals surface area contributed by atoms with E-state index in [2.05, 4.69) is 40.3 Å². The Kier molecular flexibility index (Phi) is 5.77. The summed E-state index contributed by atoms with van der Waals surface area (Å²) < 4.78 is 0. The maximum atomic E-state index is 3.77. The lowest BCUT2D eigenvalue weighted by Crippen LogP contribution is -2.14. The molecule has 0 aromatic carbocycles. The van der Waals surface area contributed by atoms with Crippen LogP contribution in [0.2, 0.25) is 0 Å². The van der Waals surface area contributed by atoms with Gasteiger partial charge in [-0.05, 0) is 31.6 Å². The Labute approximate surface area is 83.7 Å². The Morgan fingerprint density at radius 3 is 2.38 bits per heavy atom. The Morgan fingerprint density at radius 1 is 1.38 bits per heavy atom. The molecule has 13 heavy (non-hydrogen) atoms. The van der Waals surface area contributed by atoms with Gasteiger partial charge in [0.25, 0.3) is 0 Å². The maximum Gasteiger partial charge on any atom is -0.0145 e. The van der Waals surface area contributed by atoms with Crippen molar-refractivity contribution in [1.29, 1.82) is 0 Å². The Balaban J connectivity index is 4.29. The number of hydrogen-bond acceptors (Lipinski definition) is 0. The van der Waals surface area contributed by atoms with Crippen LogP contribution < -0.4 is 0 Å². The summed E-state index contributed by atoms with van der Waals surface area (Å²) in [7, 11) is 0. The summed E-state index contributed by atoms with van der Waals surface area (Å²) in [5.74, 6) is 0. The van der Waals surface area contributed by atoms with E-state index in [4.69, 9.17) is 0 Å². The molecule has 0 aliphatic rings. The molecule has 76 valence electrons. The molecule has 0 fully saturated rings. The summed E-state index contributed by atoms with van der Waals surface area (Å²) >= 11 is 0. The molecular formula is C13H24. The van der Waals surface area contributed by atoms with Crippen LogP contribution in [0.5, 0.6) is 0 Å². The molecule has 0 aliphatic carbocycles. The molecule has 0 saturated heterocycles. The van der Waals surface area contributed by atoms with Crippen molar-refractivity contribution in [2.24, 2.45) is 5.41 Å². The minimum Gasteiger partial charge on any atom is -0.103 e. The van der Waals surface area contributed by atoms with Gasteiger partial charge in [0.05, 0.1) is 0 Å². The third-order valence-electron chi connectivity index (χ3n) is 2.71. The third-order valence-corrected chi connectivity index (χ3v) is 2.71. The van der Waals surface area contributed by atoms with E-state index < -0.39 is 0 Å². The summed E-state index contributed by atoms with van der Waals surface area (Å²) in [5.41, 5.74) is 1.96. The second-order valence-electron chi connectivity index (χ2n) is 4.28. The van der Waals surface area contributed by atoms with Crippen molar-refractivity contribution in [1.82, 2.24) is 0 Å². The topological polar surface area (TPSA) is 0 Å². The highest BCUT2D eigenvalue weighted by atomic mass is 14.3. The summed E-state index contributed by atoms with van der Waals surface area (Å²) in [6, 6.07) is 0. The van der Waals surface area contributed by atoms with Crippen LogP contribution in [0.15, 0.2) is 24.3 Å². The molecule has 0 aromatic heterocycles. The molecule has 0 amide bonds. The zero-order valence-corrected chi connectivity index (χ0v) is 9.69. The average molecular weight is 180 g/mol. The van der Waals surface area contributed by atoms with Crippen molar-refractivity contribution in [3.05, 3.63) is 24.3 Å². The zero-order chi connectivity index (χ0) is 10.3. The van der Waals surface area contributed by atoms with Crippen LogP contribution in [-0.4, -0.2) is 0 Å². The van der Waals surface area contributed by atoms with Gasteiger partial charge >= 0.3 is 0 Å². The molecule has 0 saturated carbocycles. The summed E-state index contributed by atoms with van der Waals surface area (Å²) in [6.07, 6.45) is 9.10. The number of allylic oxidation sites excluding steroid dienone is 3. The van der Waals surface area contributed by atoms with Crippen LogP contribution in [0.25, 0.3) is 0 Å². The van der Waals surface area contributed by atoms with Gasteiger partial charge in [-0.3, -0.25) is 0 Å². The van der Waals surface area contributed by atoms with Gasteiger partial charge in [0.15, 0.2) is 0 Å². The lowest BCUT2D eigenvalue weighted by Gasteiger charge is -2.27. The smallest absolute Gasteiger partial charge is 0.0145 e. The average Bonchev–Trinajstić information content (AvgIpc) is 2.05. The van der Waals surface area contributed by atoms with Crippen molar-refractivity contribution in [2.45, 2.75) is 53.4 Å². The number of rotatable bonds is 6. The lowest BCUT2D eigenvalue weighted by atomic mass is 9.78. The van der Waals surface area contributed by atoms with E-state index in [1.54, 1.807) is 5.57 Å². The van der Waals surface area contributed by atoms with E-state index in [1.807, 2.05) is 6.08 Å². The SMILES string of the molecule is C=CCCC(=CC)C(C)(C)CCC. The molecule has 0 heterocycles. The van der Waals surface area contributed by atoms with Gasteiger partial charge < -0.3 is 0 Å². The summed E-state index contributed by atoms with van der Waals surface area (Å²) in [6.45, 7) is 12.9. The normalized spacial score (nSPS) is 13.1. The van der Waals surface area contributed by atoms with Gasteiger partial charge in [0, 0.05) is 0 Å². The van der Waals surface area contributed by atoms with Gasteiger partial charge in [-0.25, -0.2) is 0 Å². The van der Waals surface area contributed by atoms with Crippen LogP contribution in [0.1, 0.15) is 53.4 Å². The van der Waals surface area contributed by atoms with Crippen LogP contribution in [0.3, 0.4) is 0 Å². The summed E-state index contributed by atoms with van der Waals surface area (Å²) in [4.78, 5) is 0. The predicted molar refractivity (Wildman–Crippen MR) is 61.9 cm³/mol. The highest BCUT2D eigenvalue weighted by Crippen LogP contribution is 2.34. The van der Waals surface area contributed by atoms with Gasteiger partial charge in [0.2, 0.25) is 0 Å². The van der Waals surface area contributed by atoms with E-state index in [0.29, 0.717) is 5.41 Å². The molecule has 0 aliphatic heterocycles. The van der Waals surface area contributed by atoms with Crippen LogP contribution >= 0.6 is 0 Å².